The zero-order valence-corrected chi connectivity index (χ0v) is 30.4. The van der Waals surface area contributed by atoms with Gasteiger partial charge in [0.15, 0.2) is 0 Å². The molecule has 0 saturated carbocycles. The van der Waals surface area contributed by atoms with Crippen molar-refractivity contribution in [1.82, 2.24) is 19.9 Å². The quantitative estimate of drug-likeness (QED) is 0.0840. The van der Waals surface area contributed by atoms with Gasteiger partial charge in [0, 0.05) is 46.0 Å². The summed E-state index contributed by atoms with van der Waals surface area (Å²) >= 11 is 0. The largest absolute Gasteiger partial charge is 0.494 e. The third kappa shape index (κ3) is 8.78. The summed E-state index contributed by atoms with van der Waals surface area (Å²) in [7, 11) is 0. The Morgan fingerprint density at radius 3 is 1.39 bits per heavy atom. The molecule has 0 saturated heterocycles. The van der Waals surface area contributed by atoms with Crippen LogP contribution in [0.5, 0.6) is 11.5 Å². The second kappa shape index (κ2) is 16.9. The maximum atomic E-state index is 11.7. The van der Waals surface area contributed by atoms with Crippen LogP contribution in [0.2, 0.25) is 0 Å². The predicted molar refractivity (Wildman–Crippen MR) is 212 cm³/mol. The Hall–Kier alpha value is -6.42. The lowest BCUT2D eigenvalue weighted by molar-refractivity contribution is -0.144. The van der Waals surface area contributed by atoms with Crippen molar-refractivity contribution in [3.63, 3.8) is 0 Å². The summed E-state index contributed by atoms with van der Waals surface area (Å²) in [6.07, 6.45) is 9.94. The molecule has 10 nitrogen and oxygen atoms in total. The van der Waals surface area contributed by atoms with Crippen LogP contribution in [-0.2, 0) is 19.1 Å². The number of benzene rings is 2. The maximum Gasteiger partial charge on any atom is 0.305 e. The molecule has 0 spiro atoms. The van der Waals surface area contributed by atoms with Crippen LogP contribution in [0.4, 0.5) is 0 Å². The molecule has 7 rings (SSSR count). The Kier molecular flexibility index (Phi) is 11.3. The fraction of sp³-hybridized carbons (Fsp3) is 0.227. The first-order valence-corrected chi connectivity index (χ1v) is 18.3. The van der Waals surface area contributed by atoms with Crippen molar-refractivity contribution in [3.05, 3.63) is 108 Å². The van der Waals surface area contributed by atoms with Crippen molar-refractivity contribution in [2.75, 3.05) is 26.4 Å². The zero-order valence-electron chi connectivity index (χ0n) is 30.4. The first-order valence-electron chi connectivity index (χ1n) is 18.3. The molecule has 0 unspecified atom stereocenters. The molecule has 2 aliphatic rings. The molecule has 8 bridgehead atoms. The molecule has 0 atom stereocenters. The molecule has 0 radical (unpaired) electrons. The highest BCUT2D eigenvalue weighted by atomic mass is 16.5. The number of ether oxygens (including phenoxy) is 4. The number of H-pyrrole nitrogens is 2. The van der Waals surface area contributed by atoms with E-state index in [2.05, 4.69) is 22.1 Å². The SMILES string of the molecule is CCOC(=O)CCCOc1ccc(-c2c3nc(cc4ccc([nH]4)c(-c4ccc(OCCCC(=O)OCC)cc4)c4nc(cc5ccc2[nH]5)C=C4)C=C3)cc1. The number of nitrogens with one attached hydrogen (secondary N) is 2. The van der Waals surface area contributed by atoms with Gasteiger partial charge in [-0.15, -0.1) is 0 Å². The van der Waals surface area contributed by atoms with Gasteiger partial charge >= 0.3 is 11.9 Å². The summed E-state index contributed by atoms with van der Waals surface area (Å²) in [6.45, 7) is 5.22. The summed E-state index contributed by atoms with van der Waals surface area (Å²) in [5.41, 5.74) is 10.9. The highest BCUT2D eigenvalue weighted by Crippen LogP contribution is 2.33. The molecular formula is C44H42N4O6. The van der Waals surface area contributed by atoms with Gasteiger partial charge in [-0.1, -0.05) is 24.3 Å². The summed E-state index contributed by atoms with van der Waals surface area (Å²) in [4.78, 5) is 40.6. The molecule has 0 amide bonds. The van der Waals surface area contributed by atoms with Crippen molar-refractivity contribution >= 4 is 58.3 Å². The first kappa shape index (κ1) is 36.0. The minimum absolute atomic E-state index is 0.210. The lowest BCUT2D eigenvalue weighted by atomic mass is 10.0. The highest BCUT2D eigenvalue weighted by molar-refractivity contribution is 5.93. The molecule has 10 heteroatoms. The van der Waals surface area contributed by atoms with E-state index in [0.717, 1.165) is 78.6 Å². The lowest BCUT2D eigenvalue weighted by Gasteiger charge is -2.08. The Morgan fingerprint density at radius 1 is 0.556 bits per heavy atom. The van der Waals surface area contributed by atoms with Crippen molar-refractivity contribution in [1.29, 1.82) is 0 Å². The van der Waals surface area contributed by atoms with E-state index in [1.165, 1.54) is 0 Å². The lowest BCUT2D eigenvalue weighted by Crippen LogP contribution is -2.06. The van der Waals surface area contributed by atoms with E-state index in [-0.39, 0.29) is 11.9 Å². The fourth-order valence-corrected chi connectivity index (χ4v) is 6.40. The van der Waals surface area contributed by atoms with Crippen molar-refractivity contribution in [2.45, 2.75) is 39.5 Å². The number of esters is 2. The van der Waals surface area contributed by atoms with E-state index in [4.69, 9.17) is 28.9 Å². The second-order valence-corrected chi connectivity index (χ2v) is 12.8. The van der Waals surface area contributed by atoms with Crippen LogP contribution in [0.3, 0.4) is 0 Å². The standard InChI is InChI=1S/C44H42N4O6/c1-3-51-41(49)7-5-25-53-35-17-9-29(10-18-35)43-37-21-13-31(45-37)27-33-15-23-39(47-33)44(40-24-16-34(48-40)28-32-14-22-38(43)46-32)30-11-19-36(20-12-30)54-26-6-8-42(50)52-4-2/h9-24,27-28,45,48H,3-8,25-26H2,1-2H3. The number of nitrogens with zero attached hydrogens (tertiary/aromatic N) is 2. The van der Waals surface area contributed by atoms with Gasteiger partial charge in [0.25, 0.3) is 0 Å². The predicted octanol–water partition coefficient (Wildman–Crippen LogP) is 9.43. The number of carbonyl (C=O) groups excluding carboxylic acids is 2. The second-order valence-electron chi connectivity index (χ2n) is 12.8. The fourth-order valence-electron chi connectivity index (χ4n) is 6.40. The Morgan fingerprint density at radius 2 is 0.981 bits per heavy atom. The number of carbonyl (C=O) groups is 2. The van der Waals surface area contributed by atoms with Crippen LogP contribution in [0.1, 0.15) is 62.3 Å². The van der Waals surface area contributed by atoms with E-state index in [0.29, 0.717) is 52.1 Å². The molecule has 274 valence electrons. The van der Waals surface area contributed by atoms with Crippen LogP contribution < -0.4 is 9.47 Å². The smallest absolute Gasteiger partial charge is 0.305 e. The van der Waals surface area contributed by atoms with Gasteiger partial charge in [-0.05, 0) is 123 Å². The number of rotatable bonds is 14. The average molecular weight is 723 g/mol. The van der Waals surface area contributed by atoms with Gasteiger partial charge in [-0.2, -0.15) is 0 Å². The van der Waals surface area contributed by atoms with Gasteiger partial charge in [0.1, 0.15) is 11.5 Å². The topological polar surface area (TPSA) is 128 Å². The first-order chi connectivity index (χ1) is 26.4. The van der Waals surface area contributed by atoms with Crippen LogP contribution in [0.25, 0.3) is 68.6 Å². The summed E-state index contributed by atoms with van der Waals surface area (Å²) in [5.74, 6) is 1.04. The van der Waals surface area contributed by atoms with E-state index < -0.39 is 0 Å². The Balaban J connectivity index is 1.21. The number of hydrogen-bond donors (Lipinski definition) is 2. The number of aromatic nitrogens is 4. The van der Waals surface area contributed by atoms with Crippen LogP contribution in [0.15, 0.2) is 84.9 Å². The average Bonchev–Trinajstić information content (AvgIpc) is 4.01. The minimum Gasteiger partial charge on any atom is -0.494 e. The molecule has 5 heterocycles. The van der Waals surface area contributed by atoms with Gasteiger partial charge in [0.2, 0.25) is 0 Å². The van der Waals surface area contributed by atoms with Crippen molar-refractivity contribution < 1.29 is 28.5 Å². The van der Waals surface area contributed by atoms with Crippen LogP contribution in [0, 0.1) is 0 Å². The molecule has 2 aromatic carbocycles. The Labute approximate surface area is 313 Å². The van der Waals surface area contributed by atoms with Gasteiger partial charge < -0.3 is 28.9 Å². The molecule has 2 N–H and O–H groups in total. The molecule has 5 aromatic rings. The number of fused-ring (bicyclic) bond motifs is 8. The van der Waals surface area contributed by atoms with E-state index in [1.54, 1.807) is 13.8 Å². The Bertz CT molecular complexity index is 2190. The van der Waals surface area contributed by atoms with Gasteiger partial charge in [-0.25, -0.2) is 9.97 Å². The van der Waals surface area contributed by atoms with Crippen LogP contribution in [-0.4, -0.2) is 58.3 Å². The van der Waals surface area contributed by atoms with E-state index in [9.17, 15) is 9.59 Å². The third-order valence-corrected chi connectivity index (χ3v) is 8.88. The van der Waals surface area contributed by atoms with Crippen molar-refractivity contribution in [3.8, 4) is 33.8 Å². The van der Waals surface area contributed by atoms with Crippen molar-refractivity contribution in [2.24, 2.45) is 0 Å². The zero-order chi connectivity index (χ0) is 37.3. The summed E-state index contributed by atoms with van der Waals surface area (Å²) < 4.78 is 21.8. The van der Waals surface area contributed by atoms with Crippen LogP contribution >= 0.6 is 0 Å². The number of aromatic amines is 2. The summed E-state index contributed by atoms with van der Waals surface area (Å²) in [5, 5.41) is 0. The minimum atomic E-state index is -0.210. The maximum absolute atomic E-state index is 11.7. The monoisotopic (exact) mass is 722 g/mol. The van der Waals surface area contributed by atoms with Gasteiger partial charge in [0.05, 0.1) is 49.2 Å². The third-order valence-electron chi connectivity index (χ3n) is 8.88. The number of hydrogen-bond acceptors (Lipinski definition) is 8. The normalized spacial score (nSPS) is 11.7. The highest BCUT2D eigenvalue weighted by Gasteiger charge is 2.14. The molecule has 2 aliphatic heterocycles. The van der Waals surface area contributed by atoms with Gasteiger partial charge in [-0.3, -0.25) is 9.59 Å². The molecular weight excluding hydrogens is 681 g/mol. The van der Waals surface area contributed by atoms with E-state index >= 15 is 0 Å². The molecule has 3 aromatic heterocycles. The summed E-state index contributed by atoms with van der Waals surface area (Å²) in [6, 6.07) is 28.2. The molecule has 0 aliphatic carbocycles. The van der Waals surface area contributed by atoms with E-state index in [1.807, 2.05) is 97.1 Å². The molecule has 0 fully saturated rings. The molecule has 54 heavy (non-hydrogen) atoms.